The van der Waals surface area contributed by atoms with E-state index in [9.17, 15) is 4.79 Å². The van der Waals surface area contributed by atoms with Crippen LogP contribution in [0.25, 0.3) is 20.7 Å². The molecular weight excluding hydrogens is 340 g/mol. The van der Waals surface area contributed by atoms with E-state index in [0.717, 1.165) is 32.4 Å². The molecule has 0 aliphatic carbocycles. The second kappa shape index (κ2) is 6.18. The summed E-state index contributed by atoms with van der Waals surface area (Å²) in [7, 11) is 0. The smallest absolute Gasteiger partial charge is 0.319 e. The highest BCUT2D eigenvalue weighted by Gasteiger charge is 2.33. The van der Waals surface area contributed by atoms with E-state index in [2.05, 4.69) is 28.2 Å². The predicted octanol–water partition coefficient (Wildman–Crippen LogP) is 4.46. The molecule has 24 heavy (non-hydrogen) atoms. The molecule has 0 bridgehead atoms. The van der Waals surface area contributed by atoms with Gasteiger partial charge in [-0.15, -0.1) is 11.3 Å². The van der Waals surface area contributed by atoms with Crippen LogP contribution in [0.4, 0.5) is 0 Å². The number of esters is 1. The Labute approximate surface area is 148 Å². The van der Waals surface area contributed by atoms with Crippen molar-refractivity contribution in [3.05, 3.63) is 42.2 Å². The lowest BCUT2D eigenvalue weighted by Crippen LogP contribution is -2.10. The number of carbonyl (C=O) groups is 1. The Morgan fingerprint density at radius 3 is 2.75 bits per heavy atom. The number of benzene rings is 1. The van der Waals surface area contributed by atoms with Crippen LogP contribution in [-0.4, -0.2) is 27.3 Å². The van der Waals surface area contributed by atoms with Crippen LogP contribution in [0.3, 0.4) is 0 Å². The predicted molar refractivity (Wildman–Crippen MR) is 97.4 cm³/mol. The highest BCUT2D eigenvalue weighted by molar-refractivity contribution is 8.00. The number of aryl methyl sites for hydroxylation is 1. The summed E-state index contributed by atoms with van der Waals surface area (Å²) in [5.74, 6) is 0.585. The monoisotopic (exact) mass is 356 g/mol. The van der Waals surface area contributed by atoms with E-state index in [1.807, 2.05) is 32.0 Å². The molecule has 3 aromatic rings. The van der Waals surface area contributed by atoms with Crippen LogP contribution >= 0.6 is 23.1 Å². The van der Waals surface area contributed by atoms with Gasteiger partial charge in [-0.2, -0.15) is 0 Å². The van der Waals surface area contributed by atoms with Gasteiger partial charge < -0.3 is 4.74 Å². The van der Waals surface area contributed by atoms with Crippen LogP contribution in [0.15, 0.2) is 41.4 Å². The fraction of sp³-hybridized carbons (Fsp3) is 0.278. The maximum absolute atomic E-state index is 12.0. The number of aromatic nitrogens is 2. The Bertz CT molecular complexity index is 908. The average Bonchev–Trinajstić information content (AvgIpc) is 3.11. The van der Waals surface area contributed by atoms with Gasteiger partial charge in [-0.05, 0) is 25.5 Å². The lowest BCUT2D eigenvalue weighted by atomic mass is 10.2. The van der Waals surface area contributed by atoms with Gasteiger partial charge in [-0.3, -0.25) is 4.79 Å². The van der Waals surface area contributed by atoms with Crippen LogP contribution < -0.4 is 0 Å². The molecule has 4 nitrogen and oxygen atoms in total. The molecule has 1 saturated heterocycles. The second-order valence-corrected chi connectivity index (χ2v) is 8.08. The van der Waals surface area contributed by atoms with Gasteiger partial charge in [-0.1, -0.05) is 42.1 Å². The minimum atomic E-state index is -0.183. The first kappa shape index (κ1) is 15.6. The van der Waals surface area contributed by atoms with Crippen molar-refractivity contribution in [2.75, 3.05) is 0 Å². The standard InChI is InChI=1S/C18H16N2O2S2/c1-10-8-15(18(21)22-10)24-17-13-9-14(12-6-4-3-5-7-12)23-16(13)19-11(2)20-17/h3-7,9-10,15H,8H2,1-2H3/t10-,15-/m1/s1. The van der Waals surface area contributed by atoms with Gasteiger partial charge in [0.25, 0.3) is 0 Å². The van der Waals surface area contributed by atoms with Crippen LogP contribution in [0.1, 0.15) is 19.2 Å². The highest BCUT2D eigenvalue weighted by Crippen LogP contribution is 2.39. The van der Waals surface area contributed by atoms with E-state index < -0.39 is 0 Å². The summed E-state index contributed by atoms with van der Waals surface area (Å²) in [6, 6.07) is 12.4. The van der Waals surface area contributed by atoms with Crippen molar-refractivity contribution in [1.82, 2.24) is 9.97 Å². The van der Waals surface area contributed by atoms with Crippen molar-refractivity contribution < 1.29 is 9.53 Å². The number of hydrogen-bond acceptors (Lipinski definition) is 6. The van der Waals surface area contributed by atoms with Crippen molar-refractivity contribution in [3.8, 4) is 10.4 Å². The topological polar surface area (TPSA) is 52.1 Å². The van der Waals surface area contributed by atoms with Crippen molar-refractivity contribution >= 4 is 39.3 Å². The lowest BCUT2D eigenvalue weighted by molar-refractivity contribution is -0.140. The van der Waals surface area contributed by atoms with E-state index in [4.69, 9.17) is 4.74 Å². The lowest BCUT2D eigenvalue weighted by Gasteiger charge is -2.06. The van der Waals surface area contributed by atoms with E-state index in [1.54, 1.807) is 11.3 Å². The van der Waals surface area contributed by atoms with E-state index >= 15 is 0 Å². The number of hydrogen-bond donors (Lipinski definition) is 0. The van der Waals surface area contributed by atoms with Crippen molar-refractivity contribution in [3.63, 3.8) is 0 Å². The normalized spacial score (nSPS) is 20.5. The molecule has 1 aliphatic rings. The maximum atomic E-state index is 12.0. The molecule has 0 spiro atoms. The first-order chi connectivity index (χ1) is 11.6. The third-order valence-electron chi connectivity index (χ3n) is 3.91. The van der Waals surface area contributed by atoms with E-state index in [0.29, 0.717) is 0 Å². The minimum absolute atomic E-state index is 0.0178. The first-order valence-corrected chi connectivity index (χ1v) is 9.50. The molecule has 2 atom stereocenters. The summed E-state index contributed by atoms with van der Waals surface area (Å²) in [6.07, 6.45) is 0.708. The molecule has 1 aromatic carbocycles. The Morgan fingerprint density at radius 2 is 2.04 bits per heavy atom. The number of ether oxygens (including phenoxy) is 1. The summed E-state index contributed by atoms with van der Waals surface area (Å²) in [5.41, 5.74) is 1.17. The van der Waals surface area contributed by atoms with Crippen molar-refractivity contribution in [2.24, 2.45) is 0 Å². The molecule has 0 N–H and O–H groups in total. The van der Waals surface area contributed by atoms with Gasteiger partial charge in [0.15, 0.2) is 0 Å². The molecular formula is C18H16N2O2S2. The number of cyclic esters (lactones) is 1. The fourth-order valence-electron chi connectivity index (χ4n) is 2.78. The molecule has 0 amide bonds. The summed E-state index contributed by atoms with van der Waals surface area (Å²) in [6.45, 7) is 3.82. The average molecular weight is 356 g/mol. The minimum Gasteiger partial charge on any atom is -0.462 e. The zero-order chi connectivity index (χ0) is 16.7. The third-order valence-corrected chi connectivity index (χ3v) is 6.19. The molecule has 4 rings (SSSR count). The van der Waals surface area contributed by atoms with Gasteiger partial charge in [-0.25, -0.2) is 9.97 Å². The van der Waals surface area contributed by atoms with Gasteiger partial charge in [0.2, 0.25) is 0 Å². The summed E-state index contributed by atoms with van der Waals surface area (Å²) < 4.78 is 5.26. The fourth-order valence-corrected chi connectivity index (χ4v) is 5.19. The van der Waals surface area contributed by atoms with Crippen LogP contribution in [0.2, 0.25) is 0 Å². The molecule has 6 heteroatoms. The first-order valence-electron chi connectivity index (χ1n) is 7.81. The summed E-state index contributed by atoms with van der Waals surface area (Å²) >= 11 is 3.15. The summed E-state index contributed by atoms with van der Waals surface area (Å²) in [4.78, 5) is 23.2. The van der Waals surface area contributed by atoms with Crippen molar-refractivity contribution in [2.45, 2.75) is 36.6 Å². The van der Waals surface area contributed by atoms with Crippen LogP contribution in [0, 0.1) is 6.92 Å². The van der Waals surface area contributed by atoms with E-state index in [-0.39, 0.29) is 17.3 Å². The largest absolute Gasteiger partial charge is 0.462 e. The van der Waals surface area contributed by atoms with Crippen LogP contribution in [0.5, 0.6) is 0 Å². The van der Waals surface area contributed by atoms with Gasteiger partial charge in [0, 0.05) is 16.7 Å². The molecule has 122 valence electrons. The third kappa shape index (κ3) is 2.91. The molecule has 0 radical (unpaired) electrons. The van der Waals surface area contributed by atoms with Crippen LogP contribution in [-0.2, 0) is 9.53 Å². The number of thiophene rings is 1. The molecule has 0 saturated carbocycles. The Hall–Kier alpha value is -1.92. The van der Waals surface area contributed by atoms with Crippen molar-refractivity contribution in [1.29, 1.82) is 0 Å². The Morgan fingerprint density at radius 1 is 1.25 bits per heavy atom. The van der Waals surface area contributed by atoms with E-state index in [1.165, 1.54) is 17.3 Å². The number of rotatable bonds is 3. The Kier molecular flexibility index (Phi) is 4.02. The molecule has 1 aliphatic heterocycles. The maximum Gasteiger partial charge on any atom is 0.319 e. The molecule has 1 fully saturated rings. The highest BCUT2D eigenvalue weighted by atomic mass is 32.2. The van der Waals surface area contributed by atoms with Gasteiger partial charge in [0.05, 0.1) is 0 Å². The molecule has 2 aromatic heterocycles. The zero-order valence-electron chi connectivity index (χ0n) is 13.4. The Balaban J connectivity index is 1.75. The number of fused-ring (bicyclic) bond motifs is 1. The molecule has 0 unspecified atom stereocenters. The number of carbonyl (C=O) groups excluding carboxylic acids is 1. The van der Waals surface area contributed by atoms with Gasteiger partial charge in [0.1, 0.15) is 27.0 Å². The molecule has 3 heterocycles. The quantitative estimate of drug-likeness (QED) is 0.512. The second-order valence-electron chi connectivity index (χ2n) is 5.86. The number of thioether (sulfide) groups is 1. The SMILES string of the molecule is Cc1nc(S[C@@H]2C[C@@H](C)OC2=O)c2cc(-c3ccccc3)sc2n1. The van der Waals surface area contributed by atoms with Gasteiger partial charge >= 0.3 is 5.97 Å². The summed E-state index contributed by atoms with van der Waals surface area (Å²) in [5, 5.41) is 1.70. The zero-order valence-corrected chi connectivity index (χ0v) is 15.0. The number of nitrogens with zero attached hydrogens (tertiary/aromatic N) is 2.